The predicted octanol–water partition coefficient (Wildman–Crippen LogP) is 0.666. The fourth-order valence-electron chi connectivity index (χ4n) is 1.07. The van der Waals surface area contributed by atoms with Crippen LogP contribution in [0.1, 0.15) is 5.56 Å². The van der Waals surface area contributed by atoms with Crippen molar-refractivity contribution in [2.24, 2.45) is 0 Å². The Bertz CT molecular complexity index is 387. The van der Waals surface area contributed by atoms with E-state index in [2.05, 4.69) is 0 Å². The topological polar surface area (TPSA) is 92.8 Å². The molecular formula is C11H13NO5. The highest BCUT2D eigenvalue weighted by Crippen LogP contribution is 2.13. The van der Waals surface area contributed by atoms with Crippen LogP contribution in [0.2, 0.25) is 0 Å². The van der Waals surface area contributed by atoms with Crippen molar-refractivity contribution in [2.45, 2.75) is 6.10 Å². The fourth-order valence-corrected chi connectivity index (χ4v) is 1.07. The van der Waals surface area contributed by atoms with E-state index in [1.807, 2.05) is 0 Å². The molecule has 92 valence electrons. The minimum absolute atomic E-state index is 0.000579. The Balaban J connectivity index is 2.53. The summed E-state index contributed by atoms with van der Waals surface area (Å²) < 4.78 is 5.17. The van der Waals surface area contributed by atoms with Gasteiger partial charge >= 0.3 is 0 Å². The first-order valence-electron chi connectivity index (χ1n) is 4.95. The molecule has 17 heavy (non-hydrogen) atoms. The van der Waals surface area contributed by atoms with Gasteiger partial charge in [0.25, 0.3) is 0 Å². The van der Waals surface area contributed by atoms with Crippen LogP contribution in [0.25, 0.3) is 6.08 Å². The van der Waals surface area contributed by atoms with E-state index in [9.17, 15) is 10.1 Å². The first kappa shape index (κ1) is 13.1. The Morgan fingerprint density at radius 3 is 2.59 bits per heavy atom. The molecule has 0 aliphatic rings. The summed E-state index contributed by atoms with van der Waals surface area (Å²) in [6.07, 6.45) is 1.31. The van der Waals surface area contributed by atoms with Gasteiger partial charge in [-0.3, -0.25) is 10.1 Å². The molecule has 0 heterocycles. The number of nitrogens with zero attached hydrogens (tertiary/aromatic N) is 1. The van der Waals surface area contributed by atoms with Crippen LogP contribution < -0.4 is 4.74 Å². The van der Waals surface area contributed by atoms with Crippen LogP contribution in [-0.4, -0.2) is 34.5 Å². The van der Waals surface area contributed by atoms with Gasteiger partial charge in [-0.05, 0) is 17.7 Å². The van der Waals surface area contributed by atoms with E-state index in [-0.39, 0.29) is 13.2 Å². The minimum Gasteiger partial charge on any atom is -0.491 e. The van der Waals surface area contributed by atoms with E-state index < -0.39 is 11.0 Å². The van der Waals surface area contributed by atoms with Gasteiger partial charge in [0.2, 0.25) is 6.20 Å². The highest BCUT2D eigenvalue weighted by Gasteiger charge is 2.02. The molecule has 0 radical (unpaired) electrons. The molecule has 0 bridgehead atoms. The predicted molar refractivity (Wildman–Crippen MR) is 61.1 cm³/mol. The lowest BCUT2D eigenvalue weighted by Gasteiger charge is -2.09. The van der Waals surface area contributed by atoms with E-state index in [4.69, 9.17) is 14.9 Å². The average Bonchev–Trinajstić information content (AvgIpc) is 2.34. The zero-order chi connectivity index (χ0) is 12.7. The maximum atomic E-state index is 10.1. The zero-order valence-corrected chi connectivity index (χ0v) is 9.02. The molecule has 6 heteroatoms. The summed E-state index contributed by atoms with van der Waals surface area (Å²) in [5, 5.41) is 27.7. The third kappa shape index (κ3) is 5.10. The Morgan fingerprint density at radius 2 is 2.06 bits per heavy atom. The minimum atomic E-state index is -0.913. The van der Waals surface area contributed by atoms with Crippen LogP contribution in [0.5, 0.6) is 5.75 Å². The molecule has 0 aromatic heterocycles. The van der Waals surface area contributed by atoms with Crippen LogP contribution in [0.4, 0.5) is 0 Å². The molecule has 0 spiro atoms. The van der Waals surface area contributed by atoms with Gasteiger partial charge in [0.15, 0.2) is 0 Å². The normalized spacial score (nSPS) is 12.6. The second-order valence-corrected chi connectivity index (χ2v) is 3.32. The van der Waals surface area contributed by atoms with E-state index >= 15 is 0 Å². The van der Waals surface area contributed by atoms with Gasteiger partial charge in [0.1, 0.15) is 18.5 Å². The number of nitro groups is 1. The van der Waals surface area contributed by atoms with Crippen molar-refractivity contribution in [1.29, 1.82) is 0 Å². The van der Waals surface area contributed by atoms with Crippen molar-refractivity contribution in [1.82, 2.24) is 0 Å². The number of rotatable bonds is 6. The Labute approximate surface area is 97.9 Å². The summed E-state index contributed by atoms with van der Waals surface area (Å²) in [5.41, 5.74) is 0.678. The molecule has 0 saturated carbocycles. The van der Waals surface area contributed by atoms with Crippen molar-refractivity contribution in [3.8, 4) is 5.75 Å². The van der Waals surface area contributed by atoms with E-state index in [1.54, 1.807) is 24.3 Å². The Morgan fingerprint density at radius 1 is 1.41 bits per heavy atom. The van der Waals surface area contributed by atoms with Crippen molar-refractivity contribution >= 4 is 6.08 Å². The quantitative estimate of drug-likeness (QED) is 0.562. The second kappa shape index (κ2) is 6.62. The number of ether oxygens (including phenoxy) is 1. The van der Waals surface area contributed by atoms with Crippen molar-refractivity contribution in [3.63, 3.8) is 0 Å². The lowest BCUT2D eigenvalue weighted by atomic mass is 10.2. The van der Waals surface area contributed by atoms with Crippen LogP contribution in [-0.2, 0) is 0 Å². The maximum absolute atomic E-state index is 10.1. The second-order valence-electron chi connectivity index (χ2n) is 3.32. The van der Waals surface area contributed by atoms with Gasteiger partial charge in [0, 0.05) is 6.08 Å². The number of hydrogen-bond donors (Lipinski definition) is 2. The molecule has 1 unspecified atom stereocenters. The van der Waals surface area contributed by atoms with Gasteiger partial charge in [-0.15, -0.1) is 0 Å². The van der Waals surface area contributed by atoms with Crippen LogP contribution >= 0.6 is 0 Å². The molecule has 0 fully saturated rings. The molecular weight excluding hydrogens is 226 g/mol. The van der Waals surface area contributed by atoms with E-state index in [1.165, 1.54) is 6.08 Å². The lowest BCUT2D eigenvalue weighted by molar-refractivity contribution is -0.400. The first-order valence-corrected chi connectivity index (χ1v) is 4.95. The van der Waals surface area contributed by atoms with E-state index in [0.29, 0.717) is 11.3 Å². The average molecular weight is 239 g/mol. The van der Waals surface area contributed by atoms with Gasteiger partial charge < -0.3 is 14.9 Å². The highest BCUT2D eigenvalue weighted by molar-refractivity contribution is 5.49. The molecule has 0 amide bonds. The number of aliphatic hydroxyl groups excluding tert-OH is 2. The largest absolute Gasteiger partial charge is 0.491 e. The Hall–Kier alpha value is -1.92. The molecule has 1 aromatic rings. The number of aliphatic hydroxyl groups is 2. The zero-order valence-electron chi connectivity index (χ0n) is 9.02. The fraction of sp³-hybridized carbons (Fsp3) is 0.273. The van der Waals surface area contributed by atoms with Gasteiger partial charge in [0.05, 0.1) is 11.5 Å². The lowest BCUT2D eigenvalue weighted by Crippen LogP contribution is -2.21. The van der Waals surface area contributed by atoms with Crippen molar-refractivity contribution < 1.29 is 19.9 Å². The molecule has 2 N–H and O–H groups in total. The van der Waals surface area contributed by atoms with Crippen LogP contribution in [0.15, 0.2) is 30.5 Å². The summed E-state index contributed by atoms with van der Waals surface area (Å²) >= 11 is 0. The maximum Gasteiger partial charge on any atom is 0.235 e. The van der Waals surface area contributed by atoms with Crippen LogP contribution in [0.3, 0.4) is 0 Å². The SMILES string of the molecule is O=[N+]([O-])C=Cc1ccc(OCC(O)CO)cc1. The van der Waals surface area contributed by atoms with Gasteiger partial charge in [-0.1, -0.05) is 12.1 Å². The molecule has 1 atom stereocenters. The molecule has 1 rings (SSSR count). The smallest absolute Gasteiger partial charge is 0.235 e. The Kier molecular flexibility index (Phi) is 5.12. The number of benzene rings is 1. The van der Waals surface area contributed by atoms with E-state index in [0.717, 1.165) is 6.20 Å². The highest BCUT2D eigenvalue weighted by atomic mass is 16.6. The molecule has 0 aliphatic carbocycles. The molecule has 0 saturated heterocycles. The molecule has 0 aliphatic heterocycles. The standard InChI is InChI=1S/C11H13NO5/c13-7-10(14)8-17-11-3-1-9(2-4-11)5-6-12(15)16/h1-6,10,13-14H,7-8H2. The monoisotopic (exact) mass is 239 g/mol. The third-order valence-corrected chi connectivity index (χ3v) is 1.92. The summed E-state index contributed by atoms with van der Waals surface area (Å²) in [6.45, 7) is -0.357. The summed E-state index contributed by atoms with van der Waals surface area (Å²) in [6, 6.07) is 6.56. The van der Waals surface area contributed by atoms with Gasteiger partial charge in [-0.25, -0.2) is 0 Å². The third-order valence-electron chi connectivity index (χ3n) is 1.92. The van der Waals surface area contributed by atoms with Crippen LogP contribution in [0, 0.1) is 10.1 Å². The molecule has 6 nitrogen and oxygen atoms in total. The van der Waals surface area contributed by atoms with Crippen molar-refractivity contribution in [2.75, 3.05) is 13.2 Å². The first-order chi connectivity index (χ1) is 8.11. The summed E-state index contributed by atoms with van der Waals surface area (Å²) in [5.74, 6) is 0.524. The van der Waals surface area contributed by atoms with Gasteiger partial charge in [-0.2, -0.15) is 0 Å². The summed E-state index contributed by atoms with van der Waals surface area (Å²) in [7, 11) is 0. The molecule has 1 aromatic carbocycles. The van der Waals surface area contributed by atoms with Crippen molar-refractivity contribution in [3.05, 3.63) is 46.1 Å². The summed E-state index contributed by atoms with van der Waals surface area (Å²) in [4.78, 5) is 9.55. The number of hydrogen-bond acceptors (Lipinski definition) is 5.